The fourth-order valence-electron chi connectivity index (χ4n) is 2.32. The van der Waals surface area contributed by atoms with Crippen LogP contribution in [0.5, 0.6) is 0 Å². The van der Waals surface area contributed by atoms with Crippen LogP contribution >= 0.6 is 0 Å². The third-order valence-corrected chi connectivity index (χ3v) is 4.03. The van der Waals surface area contributed by atoms with Gasteiger partial charge in [-0.1, -0.05) is 91.4 Å². The largest absolute Gasteiger partial charge is 4.00 e. The molecule has 0 aromatic heterocycles. The number of amides is 2. The van der Waals surface area contributed by atoms with Crippen molar-refractivity contribution in [3.8, 4) is 0 Å². The molecular weight excluding hydrogens is 459 g/mol. The molecule has 3 N–H and O–H groups in total. The molecule has 0 unspecified atom stereocenters. The third-order valence-electron chi connectivity index (χ3n) is 4.03. The minimum absolute atomic E-state index is 0. The van der Waals surface area contributed by atoms with E-state index in [2.05, 4.69) is 20.8 Å². The second kappa shape index (κ2) is 43.1. The normalized spacial score (nSPS) is 8.67. The van der Waals surface area contributed by atoms with Crippen LogP contribution in [0.4, 0.5) is 0 Å². The summed E-state index contributed by atoms with van der Waals surface area (Å²) < 4.78 is 0. The predicted molar refractivity (Wildman–Crippen MR) is 117 cm³/mol. The van der Waals surface area contributed by atoms with Gasteiger partial charge in [0.05, 0.1) is 0 Å². The van der Waals surface area contributed by atoms with Gasteiger partial charge in [0.15, 0.2) is 0 Å². The monoisotopic (exact) mass is 504 g/mol. The first-order chi connectivity index (χ1) is 13.0. The second-order valence-electron chi connectivity index (χ2n) is 6.96. The Hall–Kier alpha value is 0.194. The molecule has 0 bridgehead atoms. The Labute approximate surface area is 214 Å². The number of hydrogen-bond donors (Lipinski definition) is 1. The zero-order valence-corrected chi connectivity index (χ0v) is 22.6. The smallest absolute Gasteiger partial charge is 1.00 e. The Bertz CT molecular complexity index is 286. The molecule has 0 heterocycles. The van der Waals surface area contributed by atoms with E-state index < -0.39 is 11.8 Å². The maximum Gasteiger partial charge on any atom is 4.00 e. The Morgan fingerprint density at radius 2 is 0.833 bits per heavy atom. The van der Waals surface area contributed by atoms with Crippen molar-refractivity contribution in [1.29, 1.82) is 0 Å². The number of carbonyl (C=O) groups excluding carboxylic acids is 2. The molecule has 0 fully saturated rings. The topological polar surface area (TPSA) is 102 Å². The van der Waals surface area contributed by atoms with Crippen molar-refractivity contribution in [1.82, 2.24) is 0 Å². The summed E-state index contributed by atoms with van der Waals surface area (Å²) in [4.78, 5) is 20.3. The maximum absolute atomic E-state index is 10.1. The SMILES string of the molecule is CCCCCCCC([NH-])=O.CCCCCCCC([NH-])=O.CCCCCCO.[Cl-].[Cl-].[Ti+4]. The van der Waals surface area contributed by atoms with Gasteiger partial charge < -0.3 is 51.0 Å². The molecular formula is C22H46Cl2N2O3Ti. The maximum atomic E-state index is 10.1. The summed E-state index contributed by atoms with van der Waals surface area (Å²) in [6, 6.07) is 0. The van der Waals surface area contributed by atoms with Gasteiger partial charge >= 0.3 is 21.7 Å². The van der Waals surface area contributed by atoms with Crippen molar-refractivity contribution in [3.63, 3.8) is 0 Å². The Balaban J connectivity index is -0.0000000697. The van der Waals surface area contributed by atoms with Crippen LogP contribution < -0.4 is 24.8 Å². The van der Waals surface area contributed by atoms with Crippen molar-refractivity contribution in [2.45, 2.75) is 124 Å². The number of hydrogen-bond acceptors (Lipinski definition) is 3. The number of unbranched alkanes of at least 4 members (excludes halogenated alkanes) is 11. The molecule has 0 aromatic carbocycles. The molecule has 0 rings (SSSR count). The Morgan fingerprint density at radius 3 is 1.07 bits per heavy atom. The van der Waals surface area contributed by atoms with Gasteiger partial charge in [-0.05, 0) is 32.1 Å². The van der Waals surface area contributed by atoms with Gasteiger partial charge in [0.25, 0.3) is 0 Å². The number of aliphatic hydroxyl groups is 1. The van der Waals surface area contributed by atoms with E-state index in [9.17, 15) is 9.59 Å². The van der Waals surface area contributed by atoms with Crippen LogP contribution in [0.15, 0.2) is 0 Å². The van der Waals surface area contributed by atoms with E-state index in [-0.39, 0.29) is 46.5 Å². The van der Waals surface area contributed by atoms with Crippen molar-refractivity contribution in [3.05, 3.63) is 11.5 Å². The Kier molecular flexibility index (Phi) is 63.2. The van der Waals surface area contributed by atoms with Crippen molar-refractivity contribution in [2.24, 2.45) is 0 Å². The van der Waals surface area contributed by atoms with Gasteiger partial charge in [0.1, 0.15) is 0 Å². The van der Waals surface area contributed by atoms with Gasteiger partial charge in [-0.15, -0.1) is 0 Å². The van der Waals surface area contributed by atoms with Crippen molar-refractivity contribution < 1.29 is 61.2 Å². The van der Waals surface area contributed by atoms with Gasteiger partial charge in [0, 0.05) is 18.4 Å². The molecule has 5 nitrogen and oxygen atoms in total. The van der Waals surface area contributed by atoms with Gasteiger partial charge in [-0.2, -0.15) is 0 Å². The molecule has 2 amide bonds. The average Bonchev–Trinajstić information content (AvgIpc) is 2.62. The standard InChI is InChI=1S/2C8H17NO.C6H14O.2ClH.Ti/c2*1-2-3-4-5-6-7-8(9)10;1-2-3-4-5-6-7;;;/h2*2-7H2,1H3,(H2,9,10);7H,2-6H2,1H3;2*1H;/q;;;;;+4/p-4. The molecule has 0 spiro atoms. The fourth-order valence-corrected chi connectivity index (χ4v) is 2.32. The number of carbonyl (C=O) groups is 2. The van der Waals surface area contributed by atoms with Crippen molar-refractivity contribution in [2.75, 3.05) is 6.61 Å². The van der Waals surface area contributed by atoms with Gasteiger partial charge in [0.2, 0.25) is 0 Å². The molecule has 0 aliphatic heterocycles. The minimum atomic E-state index is -0.420. The third kappa shape index (κ3) is 63.0. The average molecular weight is 505 g/mol. The van der Waals surface area contributed by atoms with Crippen LogP contribution in [0.2, 0.25) is 0 Å². The van der Waals surface area contributed by atoms with E-state index in [1.165, 1.54) is 57.8 Å². The first-order valence-electron chi connectivity index (χ1n) is 11.1. The summed E-state index contributed by atoms with van der Waals surface area (Å²) in [7, 11) is 0. The van der Waals surface area contributed by atoms with Crippen molar-refractivity contribution >= 4 is 11.8 Å². The number of nitrogens with one attached hydrogen (secondary N) is 2. The van der Waals surface area contributed by atoms with E-state index in [1.54, 1.807) is 0 Å². The van der Waals surface area contributed by atoms with Gasteiger partial charge in [-0.25, -0.2) is 0 Å². The molecule has 0 radical (unpaired) electrons. The molecule has 0 saturated heterocycles. The van der Waals surface area contributed by atoms with Crippen LogP contribution in [0.3, 0.4) is 0 Å². The molecule has 8 heteroatoms. The summed E-state index contributed by atoms with van der Waals surface area (Å²) >= 11 is 0. The van der Waals surface area contributed by atoms with E-state index >= 15 is 0 Å². The van der Waals surface area contributed by atoms with Crippen LogP contribution in [0.25, 0.3) is 11.5 Å². The Morgan fingerprint density at radius 1 is 0.567 bits per heavy atom. The number of aliphatic hydroxyl groups excluding tert-OH is 1. The molecule has 180 valence electrons. The summed E-state index contributed by atoms with van der Waals surface area (Å²) in [6.45, 7) is 6.85. The van der Waals surface area contributed by atoms with E-state index in [0.717, 1.165) is 32.1 Å². The van der Waals surface area contributed by atoms with E-state index in [4.69, 9.17) is 16.6 Å². The summed E-state index contributed by atoms with van der Waals surface area (Å²) in [5.74, 6) is -0.840. The fraction of sp³-hybridized carbons (Fsp3) is 0.909. The molecule has 0 aliphatic carbocycles. The molecule has 0 atom stereocenters. The molecule has 30 heavy (non-hydrogen) atoms. The van der Waals surface area contributed by atoms with Crippen LogP contribution in [0.1, 0.15) is 124 Å². The quantitative estimate of drug-likeness (QED) is 0.254. The van der Waals surface area contributed by atoms with Crippen LogP contribution in [-0.2, 0) is 31.3 Å². The van der Waals surface area contributed by atoms with Gasteiger partial charge in [-0.3, -0.25) is 0 Å². The zero-order valence-electron chi connectivity index (χ0n) is 19.5. The van der Waals surface area contributed by atoms with Crippen LogP contribution in [0, 0.1) is 0 Å². The summed E-state index contributed by atoms with van der Waals surface area (Å²) in [6.07, 6.45) is 17.0. The molecule has 0 aromatic rings. The van der Waals surface area contributed by atoms with Crippen LogP contribution in [-0.4, -0.2) is 23.5 Å². The number of halogens is 2. The molecule has 0 aliphatic rings. The first kappa shape index (κ1) is 44.0. The predicted octanol–water partition coefficient (Wildman–Crippen LogP) is 1.42. The summed E-state index contributed by atoms with van der Waals surface area (Å²) in [5.41, 5.74) is 13.2. The molecule has 0 saturated carbocycles. The second-order valence-corrected chi connectivity index (χ2v) is 6.96. The van der Waals surface area contributed by atoms with E-state index in [0.29, 0.717) is 19.4 Å². The minimum Gasteiger partial charge on any atom is -1.00 e. The van der Waals surface area contributed by atoms with E-state index in [1.807, 2.05) is 0 Å². The number of rotatable bonds is 16. The summed E-state index contributed by atoms with van der Waals surface area (Å²) in [5, 5.41) is 8.29. The zero-order chi connectivity index (χ0) is 21.2. The first-order valence-corrected chi connectivity index (χ1v) is 11.1.